The number of fused-ring (bicyclic) bond motifs is 5. The van der Waals surface area contributed by atoms with E-state index < -0.39 is 11.9 Å². The Hall–Kier alpha value is -8.19. The number of unbranched alkanes of at least 4 members (excludes halogenated alkanes) is 1. The van der Waals surface area contributed by atoms with Gasteiger partial charge in [-0.3, -0.25) is 65.1 Å². The second kappa shape index (κ2) is 41.7. The van der Waals surface area contributed by atoms with E-state index in [1.807, 2.05) is 36.7 Å². The van der Waals surface area contributed by atoms with E-state index in [1.54, 1.807) is 113 Å². The lowest BCUT2D eigenvalue weighted by atomic mass is 10.2. The fourth-order valence-electron chi connectivity index (χ4n) is 12.6. The molecule has 2 fully saturated rings. The molecule has 12 rings (SSSR count). The van der Waals surface area contributed by atoms with Crippen molar-refractivity contribution in [2.45, 2.75) is 135 Å². The van der Waals surface area contributed by atoms with Crippen LogP contribution < -0.4 is 28.4 Å². The van der Waals surface area contributed by atoms with Crippen LogP contribution in [0.3, 0.4) is 0 Å². The summed E-state index contributed by atoms with van der Waals surface area (Å²) in [6, 6.07) is 0. The zero-order valence-corrected chi connectivity index (χ0v) is 71.2. The number of carbonyl (C=O) groups is 2. The number of rotatable bonds is 27. The Labute approximate surface area is 682 Å². The zero-order chi connectivity index (χ0) is 81.4. The van der Waals surface area contributed by atoms with Gasteiger partial charge in [-0.05, 0) is 58.8 Å². The molecular formula is C72H106N22O11S7. The van der Waals surface area contributed by atoms with E-state index in [0.717, 1.165) is 162 Å². The topological polar surface area (TPSA) is 323 Å². The second-order valence-electron chi connectivity index (χ2n) is 27.4. The molecule has 2 aliphatic heterocycles. The molecule has 0 aliphatic carbocycles. The van der Waals surface area contributed by atoms with E-state index in [1.165, 1.54) is 56.8 Å². The standard InChI is InChI=1S/2C17H25N5O4S2.2C13H18N4OS.C11H16N4OS.CH4/c2*1-19-14-13(15(27)20(2)17(19)25)22(5-3-4-12(23)24)16(18-14)28-11-8-21-6-9-26-10-7-21;2*1-9(2)6-5-7-17-8-14-11-10(17)12(19)16(4)13(18)15(11)3;1-4-5-6-15-7-12-9-8(15)10(17)14(3)11(16)13(9)2;/h2*3-11H2,1-2H3,(H,23,24);2*8H,1,5-7H2,2-4H3;7H,4-6H2,1-3H3;1H4. The molecule has 0 saturated carbocycles. The molecule has 10 aromatic rings. The number of ether oxygens (including phenoxy) is 2. The molecule has 12 heterocycles. The van der Waals surface area contributed by atoms with Gasteiger partial charge in [0.05, 0.1) is 45.4 Å². The highest BCUT2D eigenvalue weighted by Crippen LogP contribution is 2.28. The first-order valence-corrected chi connectivity index (χ1v) is 40.5. The molecule has 112 heavy (non-hydrogen) atoms. The molecule has 0 atom stereocenters. The van der Waals surface area contributed by atoms with Crippen LogP contribution in [0.5, 0.6) is 0 Å². The summed E-state index contributed by atoms with van der Waals surface area (Å²) in [5, 5.41) is 19.5. The number of aryl methyl sites for hydroxylation is 10. The molecule has 2 aliphatic rings. The number of aliphatic carboxylic acids is 2. The molecule has 10 aromatic heterocycles. The monoisotopic (exact) mass is 1680 g/mol. The molecule has 0 unspecified atom stereocenters. The van der Waals surface area contributed by atoms with Crippen LogP contribution in [0.25, 0.3) is 55.8 Å². The summed E-state index contributed by atoms with van der Waals surface area (Å²) in [4.78, 5) is 109. The highest BCUT2D eigenvalue weighted by atomic mass is 32.2. The van der Waals surface area contributed by atoms with Crippen molar-refractivity contribution in [3.05, 3.63) is 119 Å². The largest absolute Gasteiger partial charge is 0.481 e. The van der Waals surface area contributed by atoms with Crippen molar-refractivity contribution in [1.82, 2.24) is 103 Å². The number of hydrogen-bond donors (Lipinski definition) is 2. The van der Waals surface area contributed by atoms with Crippen molar-refractivity contribution in [1.29, 1.82) is 0 Å². The van der Waals surface area contributed by atoms with Gasteiger partial charge >= 0.3 is 40.4 Å². The summed E-state index contributed by atoms with van der Waals surface area (Å²) in [7, 11) is 16.9. The molecule has 33 nitrogen and oxygen atoms in total. The maximum absolute atomic E-state index is 12.4. The molecule has 2 N–H and O–H groups in total. The number of imidazole rings is 5. The average Bonchev–Trinajstić information content (AvgIpc) is 1.61. The van der Waals surface area contributed by atoms with Crippen molar-refractivity contribution < 1.29 is 29.3 Å². The van der Waals surface area contributed by atoms with Gasteiger partial charge in [-0.25, -0.2) is 48.9 Å². The highest BCUT2D eigenvalue weighted by Gasteiger charge is 2.23. The fraction of sp³-hybridized carbons (Fsp3) is 0.569. The number of thioether (sulfide) groups is 2. The van der Waals surface area contributed by atoms with Crippen molar-refractivity contribution >= 4 is 152 Å². The molecule has 0 spiro atoms. The van der Waals surface area contributed by atoms with E-state index in [9.17, 15) is 33.6 Å². The second-order valence-corrected chi connectivity index (χ2v) is 31.4. The molecule has 612 valence electrons. The molecule has 40 heteroatoms. The van der Waals surface area contributed by atoms with Crippen molar-refractivity contribution in [2.24, 2.45) is 70.5 Å². The van der Waals surface area contributed by atoms with Gasteiger partial charge in [0.25, 0.3) is 0 Å². The lowest BCUT2D eigenvalue weighted by molar-refractivity contribution is -0.138. The summed E-state index contributed by atoms with van der Waals surface area (Å²) in [5.74, 6) is 0.0226. The summed E-state index contributed by atoms with van der Waals surface area (Å²) < 4.78 is 38.1. The minimum atomic E-state index is -0.831. The van der Waals surface area contributed by atoms with E-state index >= 15 is 0 Å². The van der Waals surface area contributed by atoms with Crippen LogP contribution in [0.2, 0.25) is 0 Å². The van der Waals surface area contributed by atoms with Gasteiger partial charge in [0, 0.05) is 167 Å². The van der Waals surface area contributed by atoms with Gasteiger partial charge in [-0.2, -0.15) is 0 Å². The van der Waals surface area contributed by atoms with Crippen molar-refractivity contribution in [3.63, 3.8) is 0 Å². The highest BCUT2D eigenvalue weighted by molar-refractivity contribution is 7.99. The lowest BCUT2D eigenvalue weighted by Gasteiger charge is -2.26. The first-order chi connectivity index (χ1) is 52.7. The predicted octanol–water partition coefficient (Wildman–Crippen LogP) is 8.74. The van der Waals surface area contributed by atoms with Gasteiger partial charge < -0.3 is 42.5 Å². The van der Waals surface area contributed by atoms with E-state index in [0.29, 0.717) is 88.4 Å². The minimum absolute atomic E-state index is 0. The number of nitrogens with zero attached hydrogens (tertiary/aromatic N) is 22. The maximum Gasteiger partial charge on any atom is 0.330 e. The normalized spacial score (nSPS) is 13.2. The maximum atomic E-state index is 12.4. The third kappa shape index (κ3) is 21.6. The van der Waals surface area contributed by atoms with E-state index in [2.05, 4.69) is 54.8 Å². The Morgan fingerprint density at radius 2 is 0.679 bits per heavy atom. The summed E-state index contributed by atoms with van der Waals surface area (Å²) >= 11 is 30.2. The first kappa shape index (κ1) is 91.0. The zero-order valence-electron chi connectivity index (χ0n) is 65.5. The van der Waals surface area contributed by atoms with Gasteiger partial charge in [0.15, 0.2) is 38.5 Å². The number of morpholine rings is 2. The number of aromatic nitrogens is 20. The quantitative estimate of drug-likeness (QED) is 0.0276. The van der Waals surface area contributed by atoms with Crippen LogP contribution >= 0.6 is 84.6 Å². The van der Waals surface area contributed by atoms with Gasteiger partial charge in [-0.1, -0.05) is 117 Å². The molecular weight excluding hydrogens is 1570 g/mol. The number of allylic oxidation sites excluding steroid dienone is 2. The summed E-state index contributed by atoms with van der Waals surface area (Å²) in [6.45, 7) is 26.1. The molecule has 0 bridgehead atoms. The molecule has 0 amide bonds. The van der Waals surface area contributed by atoms with Crippen LogP contribution in [0.1, 0.15) is 92.4 Å². The molecule has 2 saturated heterocycles. The first-order valence-electron chi connectivity index (χ1n) is 36.5. The average molecular weight is 1680 g/mol. The number of hydrogen-bond acceptors (Lipinski definition) is 23. The Kier molecular flexibility index (Phi) is 33.9. The number of carboxylic acids is 2. The van der Waals surface area contributed by atoms with E-state index in [4.69, 9.17) is 80.8 Å². The molecule has 0 aromatic carbocycles. The van der Waals surface area contributed by atoms with E-state index in [-0.39, 0.29) is 48.7 Å². The number of carboxylic acid groups (broad SMARTS) is 2. The van der Waals surface area contributed by atoms with Crippen LogP contribution in [-0.2, 0) is 122 Å². The smallest absolute Gasteiger partial charge is 0.330 e. The SMILES string of the molecule is C.C=C(C)CCCn1cnc2c1c(=S)n(C)c(=O)n2C.C=C(C)CCCn1cnc2c1c(=S)n(C)c(=O)n2C.CCCCn1cnc2c1c(=S)n(C)c(=O)n2C.Cn1c(=S)c2c(nc(SCCN3CCOCC3)n2CCCC(=O)O)n(C)c1=O.Cn1c(=S)c2c(nc(SCCN3CCOCC3)n2CCCC(=O)O)n(C)c1=O. The lowest BCUT2D eigenvalue weighted by Crippen LogP contribution is -2.37. The van der Waals surface area contributed by atoms with Crippen molar-refractivity contribution in [2.75, 3.05) is 77.2 Å². The summed E-state index contributed by atoms with van der Waals surface area (Å²) in [5.41, 5.74) is 8.46. The third-order valence-corrected chi connectivity index (χ3v) is 23.3. The van der Waals surface area contributed by atoms with Crippen LogP contribution in [-0.4, -0.2) is 203 Å². The van der Waals surface area contributed by atoms with Gasteiger partial charge in [-0.15, -0.1) is 13.2 Å². The molecule has 0 radical (unpaired) electrons. The minimum Gasteiger partial charge on any atom is -0.481 e. The van der Waals surface area contributed by atoms with Crippen LogP contribution in [0.15, 0.2) is 77.6 Å². The fourth-order valence-corrected chi connectivity index (χ4v) is 16.0. The van der Waals surface area contributed by atoms with Crippen molar-refractivity contribution in [3.8, 4) is 0 Å². The van der Waals surface area contributed by atoms with Gasteiger partial charge in [0.1, 0.15) is 50.8 Å². The summed E-state index contributed by atoms with van der Waals surface area (Å²) in [6.07, 6.45) is 12.5. The Morgan fingerprint density at radius 1 is 0.411 bits per heavy atom. The third-order valence-electron chi connectivity index (χ3n) is 19.1. The van der Waals surface area contributed by atoms with Gasteiger partial charge in [0.2, 0.25) is 0 Å². The van der Waals surface area contributed by atoms with Crippen LogP contribution in [0.4, 0.5) is 0 Å². The Morgan fingerprint density at radius 3 is 0.955 bits per heavy atom. The van der Waals surface area contributed by atoms with Crippen LogP contribution in [0, 0.1) is 23.2 Å². The Bertz CT molecular complexity index is 5430. The predicted molar refractivity (Wildman–Crippen MR) is 453 cm³/mol. The Balaban J connectivity index is 0.000000197.